The fourth-order valence-electron chi connectivity index (χ4n) is 2.21. The molecule has 2 aromatic rings. The van der Waals surface area contributed by atoms with Crippen molar-refractivity contribution in [2.75, 3.05) is 6.61 Å². The van der Waals surface area contributed by atoms with Gasteiger partial charge in [0.15, 0.2) is 6.23 Å². The first kappa shape index (κ1) is 12.1. The number of rotatable bonds is 2. The average Bonchev–Trinajstić information content (AvgIpc) is 2.92. The zero-order valence-electron chi connectivity index (χ0n) is 9.74. The van der Waals surface area contributed by atoms with Crippen LogP contribution in [0.2, 0.25) is 0 Å². The van der Waals surface area contributed by atoms with E-state index < -0.39 is 29.7 Å². The van der Waals surface area contributed by atoms with E-state index in [1.54, 1.807) is 0 Å². The third-order valence-corrected chi connectivity index (χ3v) is 3.16. The zero-order valence-corrected chi connectivity index (χ0v) is 9.74. The van der Waals surface area contributed by atoms with Crippen molar-refractivity contribution >= 4 is 11.0 Å². The molecule has 1 aliphatic heterocycles. The molecule has 0 unspecified atom stereocenters. The van der Waals surface area contributed by atoms with E-state index >= 15 is 0 Å². The molecule has 1 saturated heterocycles. The molecular weight excluding hydrogens is 256 g/mol. The molecule has 1 fully saturated rings. The van der Waals surface area contributed by atoms with Gasteiger partial charge in [-0.1, -0.05) is 0 Å². The maximum Gasteiger partial charge on any atom is 0.327 e. The van der Waals surface area contributed by atoms with E-state index in [9.17, 15) is 14.7 Å². The Morgan fingerprint density at radius 2 is 2.26 bits per heavy atom. The van der Waals surface area contributed by atoms with Gasteiger partial charge >= 0.3 is 5.69 Å². The normalized spacial score (nSPS) is 27.2. The summed E-state index contributed by atoms with van der Waals surface area (Å²) in [7, 11) is 0. The highest BCUT2D eigenvalue weighted by molar-refractivity contribution is 5.72. The van der Waals surface area contributed by atoms with E-state index in [0.29, 0.717) is 0 Å². The lowest BCUT2D eigenvalue weighted by atomic mass is 10.2. The smallest absolute Gasteiger partial charge is 0.327 e. The van der Waals surface area contributed by atoms with Crippen molar-refractivity contribution in [1.29, 1.82) is 0 Å². The van der Waals surface area contributed by atoms with E-state index in [-0.39, 0.29) is 24.1 Å². The van der Waals surface area contributed by atoms with Gasteiger partial charge in [0.1, 0.15) is 17.1 Å². The van der Waals surface area contributed by atoms with E-state index in [1.165, 1.54) is 10.9 Å². The summed E-state index contributed by atoms with van der Waals surface area (Å²) in [6.07, 6.45) is -0.619. The van der Waals surface area contributed by atoms with E-state index in [1.807, 2.05) is 0 Å². The lowest BCUT2D eigenvalue weighted by molar-refractivity contribution is -0.0470. The molecule has 1 aliphatic rings. The quantitative estimate of drug-likeness (QED) is 0.500. The molecule has 19 heavy (non-hydrogen) atoms. The number of aromatic amines is 2. The Kier molecular flexibility index (Phi) is 2.73. The van der Waals surface area contributed by atoms with E-state index in [4.69, 9.17) is 9.84 Å². The van der Waals surface area contributed by atoms with Crippen LogP contribution in [0.25, 0.3) is 11.0 Å². The van der Waals surface area contributed by atoms with Gasteiger partial charge in [0.25, 0.3) is 5.56 Å². The van der Waals surface area contributed by atoms with Crippen LogP contribution >= 0.6 is 0 Å². The van der Waals surface area contributed by atoms with E-state index in [0.717, 1.165) is 0 Å². The third kappa shape index (κ3) is 1.87. The number of aliphatic hydroxyl groups excluding tert-OH is 2. The van der Waals surface area contributed by atoms with E-state index in [2.05, 4.69) is 15.1 Å². The number of hydrogen-bond acceptors (Lipinski definition) is 6. The van der Waals surface area contributed by atoms with Crippen LogP contribution in [-0.4, -0.2) is 48.8 Å². The van der Waals surface area contributed by atoms with Gasteiger partial charge in [0.05, 0.1) is 18.9 Å². The predicted molar refractivity (Wildman–Crippen MR) is 62.6 cm³/mol. The van der Waals surface area contributed by atoms with Gasteiger partial charge in [-0.05, 0) is 0 Å². The molecule has 3 heterocycles. The summed E-state index contributed by atoms with van der Waals surface area (Å²) in [5.74, 6) is 0. The summed E-state index contributed by atoms with van der Waals surface area (Å²) in [5, 5.41) is 22.9. The number of ether oxygens (including phenoxy) is 1. The molecule has 9 heteroatoms. The molecule has 0 aromatic carbocycles. The van der Waals surface area contributed by atoms with Crippen molar-refractivity contribution < 1.29 is 14.9 Å². The topological polar surface area (TPSA) is 133 Å². The van der Waals surface area contributed by atoms with Gasteiger partial charge in [-0.15, -0.1) is 0 Å². The van der Waals surface area contributed by atoms with Crippen molar-refractivity contribution in [2.45, 2.75) is 24.9 Å². The average molecular weight is 268 g/mol. The lowest BCUT2D eigenvalue weighted by Crippen LogP contribution is -2.24. The monoisotopic (exact) mass is 268 g/mol. The Hall–Kier alpha value is -1.97. The van der Waals surface area contributed by atoms with Crippen LogP contribution in [0, 0.1) is 0 Å². The molecule has 3 rings (SSSR count). The molecule has 2 aromatic heterocycles. The number of nitrogens with zero attached hydrogens (tertiary/aromatic N) is 2. The van der Waals surface area contributed by atoms with Crippen LogP contribution in [0.3, 0.4) is 0 Å². The molecule has 0 spiro atoms. The Labute approximate surface area is 105 Å². The van der Waals surface area contributed by atoms with Crippen LogP contribution in [-0.2, 0) is 4.74 Å². The van der Waals surface area contributed by atoms with Gasteiger partial charge in [0.2, 0.25) is 0 Å². The standard InChI is InChI=1S/C10H12N4O5/c15-3-6-5(16)1-7(19-6)14-8-4(2-11-14)9(17)13-10(18)12-8/h2,5-7,15-16H,1,3H2,(H2,12,13,17,18)/t5-,6+,7+/m0/s1. The predicted octanol–water partition coefficient (Wildman–Crippen LogP) is -1.95. The summed E-state index contributed by atoms with van der Waals surface area (Å²) in [6, 6.07) is 0. The first-order valence-electron chi connectivity index (χ1n) is 5.74. The molecular formula is C10H12N4O5. The molecule has 102 valence electrons. The van der Waals surface area contributed by atoms with Crippen LogP contribution in [0.4, 0.5) is 0 Å². The number of hydrogen-bond donors (Lipinski definition) is 4. The highest BCUT2D eigenvalue weighted by Crippen LogP contribution is 2.29. The Bertz CT molecular complexity index is 717. The number of aliphatic hydroxyl groups is 2. The minimum Gasteiger partial charge on any atom is -0.394 e. The second-order valence-corrected chi connectivity index (χ2v) is 4.37. The number of H-pyrrole nitrogens is 2. The Balaban J connectivity index is 2.07. The van der Waals surface area contributed by atoms with Crippen LogP contribution in [0.15, 0.2) is 15.8 Å². The Morgan fingerprint density at radius 1 is 1.47 bits per heavy atom. The molecule has 0 bridgehead atoms. The summed E-state index contributed by atoms with van der Waals surface area (Å²) >= 11 is 0. The molecule has 0 amide bonds. The number of fused-ring (bicyclic) bond motifs is 1. The zero-order chi connectivity index (χ0) is 13.6. The second-order valence-electron chi connectivity index (χ2n) is 4.37. The lowest BCUT2D eigenvalue weighted by Gasteiger charge is -2.12. The van der Waals surface area contributed by atoms with Crippen LogP contribution in [0.5, 0.6) is 0 Å². The molecule has 3 atom stereocenters. The van der Waals surface area contributed by atoms with Gasteiger partial charge in [-0.25, -0.2) is 9.48 Å². The van der Waals surface area contributed by atoms with Crippen LogP contribution < -0.4 is 11.2 Å². The summed E-state index contributed by atoms with van der Waals surface area (Å²) in [6.45, 7) is -0.312. The minimum absolute atomic E-state index is 0.219. The largest absolute Gasteiger partial charge is 0.394 e. The molecule has 0 saturated carbocycles. The van der Waals surface area contributed by atoms with Crippen LogP contribution in [0.1, 0.15) is 12.6 Å². The first-order chi connectivity index (χ1) is 9.10. The fraction of sp³-hybridized carbons (Fsp3) is 0.500. The minimum atomic E-state index is -0.817. The van der Waals surface area contributed by atoms with Crippen molar-refractivity contribution in [2.24, 2.45) is 0 Å². The molecule has 4 N–H and O–H groups in total. The van der Waals surface area contributed by atoms with Gasteiger partial charge in [0, 0.05) is 6.42 Å². The van der Waals surface area contributed by atoms with Crippen molar-refractivity contribution in [3.8, 4) is 0 Å². The molecule has 9 nitrogen and oxygen atoms in total. The maximum absolute atomic E-state index is 11.6. The highest BCUT2D eigenvalue weighted by Gasteiger charge is 2.35. The third-order valence-electron chi connectivity index (χ3n) is 3.16. The SMILES string of the molecule is O=c1[nH]c(=O)c2cnn([C@H]3C[C@H](O)[C@@H](CO)O3)c2[nH]1. The van der Waals surface area contributed by atoms with Gasteiger partial charge in [-0.2, -0.15) is 5.10 Å². The highest BCUT2D eigenvalue weighted by atomic mass is 16.5. The first-order valence-corrected chi connectivity index (χ1v) is 5.74. The summed E-state index contributed by atoms with van der Waals surface area (Å²) in [4.78, 5) is 27.4. The van der Waals surface area contributed by atoms with Crippen molar-refractivity contribution in [3.63, 3.8) is 0 Å². The summed E-state index contributed by atoms with van der Waals surface area (Å²) in [5.41, 5.74) is -0.955. The number of aromatic nitrogens is 4. The second kappa shape index (κ2) is 4.30. The maximum atomic E-state index is 11.6. The number of nitrogens with one attached hydrogen (secondary N) is 2. The van der Waals surface area contributed by atoms with Crippen molar-refractivity contribution in [1.82, 2.24) is 19.7 Å². The van der Waals surface area contributed by atoms with Crippen molar-refractivity contribution in [3.05, 3.63) is 27.0 Å². The molecule has 0 radical (unpaired) electrons. The molecule has 0 aliphatic carbocycles. The fourth-order valence-corrected chi connectivity index (χ4v) is 2.21. The van der Waals surface area contributed by atoms with Gasteiger partial charge in [-0.3, -0.25) is 14.8 Å². The Morgan fingerprint density at radius 3 is 2.95 bits per heavy atom. The van der Waals surface area contributed by atoms with Gasteiger partial charge < -0.3 is 14.9 Å². The summed E-state index contributed by atoms with van der Waals surface area (Å²) < 4.78 is 6.75.